The lowest BCUT2D eigenvalue weighted by atomic mass is 10.2. The Balaban J connectivity index is 2.80. The molecule has 1 rings (SSSR count). The first-order valence-electron chi connectivity index (χ1n) is 6.37. The van der Waals surface area contributed by atoms with Crippen LogP contribution in [0.4, 0.5) is 0 Å². The van der Waals surface area contributed by atoms with Crippen molar-refractivity contribution < 1.29 is 9.94 Å². The number of nitrogens with zero attached hydrogens (tertiary/aromatic N) is 2. The molecule has 0 aliphatic carbocycles. The molecule has 3 N–H and O–H groups in total. The number of aryl methyl sites for hydroxylation is 1. The van der Waals surface area contributed by atoms with Crippen molar-refractivity contribution in [2.75, 3.05) is 13.2 Å². The fourth-order valence-electron chi connectivity index (χ4n) is 1.70. The molecule has 19 heavy (non-hydrogen) atoms. The molecule has 0 saturated carbocycles. The van der Waals surface area contributed by atoms with E-state index in [0.717, 1.165) is 18.5 Å². The Morgan fingerprint density at radius 3 is 2.84 bits per heavy atom. The number of amidine groups is 1. The molecule has 0 unspecified atom stereocenters. The van der Waals surface area contributed by atoms with Gasteiger partial charge in [0.05, 0.1) is 12.2 Å². The van der Waals surface area contributed by atoms with Crippen LogP contribution >= 0.6 is 0 Å². The molecule has 6 nitrogen and oxygen atoms in total. The summed E-state index contributed by atoms with van der Waals surface area (Å²) in [6.07, 6.45) is 2.09. The van der Waals surface area contributed by atoms with Gasteiger partial charge in [0.1, 0.15) is 0 Å². The van der Waals surface area contributed by atoms with Gasteiger partial charge >= 0.3 is 0 Å². The number of unbranched alkanes of at least 4 members (excludes halogenated alkanes) is 1. The third-order valence-electron chi connectivity index (χ3n) is 2.88. The van der Waals surface area contributed by atoms with Gasteiger partial charge in [0.15, 0.2) is 5.84 Å². The highest BCUT2D eigenvalue weighted by Crippen LogP contribution is 1.99. The van der Waals surface area contributed by atoms with Gasteiger partial charge in [0, 0.05) is 18.8 Å². The van der Waals surface area contributed by atoms with Crippen LogP contribution in [-0.4, -0.2) is 28.8 Å². The molecule has 0 amide bonds. The molecule has 106 valence electrons. The highest BCUT2D eigenvalue weighted by Gasteiger charge is 2.09. The monoisotopic (exact) mass is 267 g/mol. The van der Waals surface area contributed by atoms with Crippen LogP contribution < -0.4 is 11.3 Å². The Labute approximate surface area is 112 Å². The van der Waals surface area contributed by atoms with Gasteiger partial charge in [-0.15, -0.1) is 0 Å². The normalized spacial score (nSPS) is 11.8. The van der Waals surface area contributed by atoms with Gasteiger partial charge in [-0.1, -0.05) is 18.5 Å². The third kappa shape index (κ3) is 4.10. The fraction of sp³-hybridized carbons (Fsp3) is 0.538. The summed E-state index contributed by atoms with van der Waals surface area (Å²) in [7, 11) is 0. The van der Waals surface area contributed by atoms with Gasteiger partial charge in [-0.05, 0) is 25.5 Å². The Morgan fingerprint density at radius 1 is 1.47 bits per heavy atom. The number of hydrogen-bond donors (Lipinski definition) is 2. The number of rotatable bonds is 7. The van der Waals surface area contributed by atoms with Crippen molar-refractivity contribution >= 4 is 5.84 Å². The first-order chi connectivity index (χ1) is 9.11. The van der Waals surface area contributed by atoms with E-state index in [-0.39, 0.29) is 17.0 Å². The predicted molar refractivity (Wildman–Crippen MR) is 73.7 cm³/mol. The smallest absolute Gasteiger partial charge is 0.261 e. The Kier molecular flexibility index (Phi) is 6.08. The largest absolute Gasteiger partial charge is 0.409 e. The molecule has 0 spiro atoms. The second kappa shape index (κ2) is 7.58. The lowest BCUT2D eigenvalue weighted by Gasteiger charge is -2.11. The Hall–Kier alpha value is -1.82. The second-order valence-electron chi connectivity index (χ2n) is 4.30. The first-order valence-corrected chi connectivity index (χ1v) is 6.37. The number of ether oxygens (including phenoxy) is 1. The zero-order valence-corrected chi connectivity index (χ0v) is 11.4. The lowest BCUT2D eigenvalue weighted by Crippen LogP contribution is -2.32. The minimum atomic E-state index is -0.269. The summed E-state index contributed by atoms with van der Waals surface area (Å²) in [6.45, 7) is 5.56. The van der Waals surface area contributed by atoms with Crippen LogP contribution in [-0.2, 0) is 11.3 Å². The summed E-state index contributed by atoms with van der Waals surface area (Å²) in [6, 6.07) is 3.32. The van der Waals surface area contributed by atoms with Gasteiger partial charge in [-0.2, -0.15) is 0 Å². The molecule has 6 heteroatoms. The highest BCUT2D eigenvalue weighted by molar-refractivity contribution is 5.96. The maximum absolute atomic E-state index is 12.1. The van der Waals surface area contributed by atoms with Crippen LogP contribution in [0.25, 0.3) is 0 Å². The Morgan fingerprint density at radius 2 is 2.21 bits per heavy atom. The van der Waals surface area contributed by atoms with Crippen LogP contribution in [0.2, 0.25) is 0 Å². The van der Waals surface area contributed by atoms with Crippen molar-refractivity contribution in [3.8, 4) is 0 Å². The standard InChI is InChI=1S/C13H21N3O3/c1-3-4-8-19-9-7-16-10(2)5-6-11(13(16)17)12(14)15-18/h5-6,18H,3-4,7-9H2,1-2H3,(H2,14,15). The zero-order valence-electron chi connectivity index (χ0n) is 11.4. The SMILES string of the molecule is CCCCOCCn1c(C)ccc(/C(N)=N/O)c1=O. The van der Waals surface area contributed by atoms with Crippen LogP contribution in [0.3, 0.4) is 0 Å². The lowest BCUT2D eigenvalue weighted by molar-refractivity contribution is 0.122. The number of nitrogens with two attached hydrogens (primary N) is 1. The molecule has 0 aliphatic rings. The fourth-order valence-corrected chi connectivity index (χ4v) is 1.70. The highest BCUT2D eigenvalue weighted by atomic mass is 16.5. The van der Waals surface area contributed by atoms with E-state index in [2.05, 4.69) is 12.1 Å². The van der Waals surface area contributed by atoms with Crippen LogP contribution in [0.1, 0.15) is 31.0 Å². The van der Waals surface area contributed by atoms with Crippen molar-refractivity contribution in [3.05, 3.63) is 33.7 Å². The molecule has 0 fully saturated rings. The minimum Gasteiger partial charge on any atom is -0.409 e. The first kappa shape index (κ1) is 15.2. The average Bonchev–Trinajstić information content (AvgIpc) is 2.41. The summed E-state index contributed by atoms with van der Waals surface area (Å²) >= 11 is 0. The van der Waals surface area contributed by atoms with Crippen LogP contribution in [0.5, 0.6) is 0 Å². The van der Waals surface area contributed by atoms with E-state index >= 15 is 0 Å². The van der Waals surface area contributed by atoms with E-state index in [1.165, 1.54) is 0 Å². The third-order valence-corrected chi connectivity index (χ3v) is 2.88. The molecular weight excluding hydrogens is 246 g/mol. The van der Waals surface area contributed by atoms with Gasteiger partial charge in [0.25, 0.3) is 5.56 Å². The number of pyridine rings is 1. The van der Waals surface area contributed by atoms with E-state index in [1.54, 1.807) is 16.7 Å². The van der Waals surface area contributed by atoms with E-state index in [9.17, 15) is 4.79 Å². The second-order valence-corrected chi connectivity index (χ2v) is 4.30. The quantitative estimate of drug-likeness (QED) is 0.254. The summed E-state index contributed by atoms with van der Waals surface area (Å²) in [5, 5.41) is 11.5. The maximum atomic E-state index is 12.1. The maximum Gasteiger partial charge on any atom is 0.261 e. The molecule has 0 aromatic carbocycles. The molecule has 0 bridgehead atoms. The number of oxime groups is 1. The van der Waals surface area contributed by atoms with E-state index in [0.29, 0.717) is 19.8 Å². The van der Waals surface area contributed by atoms with Crippen molar-refractivity contribution in [1.82, 2.24) is 4.57 Å². The summed E-state index contributed by atoms with van der Waals surface area (Å²) in [5.41, 5.74) is 6.21. The van der Waals surface area contributed by atoms with Gasteiger partial charge < -0.3 is 20.2 Å². The van der Waals surface area contributed by atoms with E-state index in [1.807, 2.05) is 6.92 Å². The van der Waals surface area contributed by atoms with Gasteiger partial charge in [0.2, 0.25) is 0 Å². The molecule has 1 heterocycles. The average molecular weight is 267 g/mol. The number of aromatic nitrogens is 1. The van der Waals surface area contributed by atoms with Crippen molar-refractivity contribution in [2.24, 2.45) is 10.9 Å². The van der Waals surface area contributed by atoms with Crippen molar-refractivity contribution in [1.29, 1.82) is 0 Å². The molecule has 0 atom stereocenters. The minimum absolute atomic E-state index is 0.175. The topological polar surface area (TPSA) is 89.8 Å². The van der Waals surface area contributed by atoms with E-state index in [4.69, 9.17) is 15.7 Å². The molecule has 1 aromatic rings. The zero-order chi connectivity index (χ0) is 14.3. The summed E-state index contributed by atoms with van der Waals surface area (Å²) in [5.74, 6) is -0.175. The molecule has 0 saturated heterocycles. The molecule has 1 aromatic heterocycles. The Bertz CT molecular complexity index is 494. The van der Waals surface area contributed by atoms with Crippen molar-refractivity contribution in [2.45, 2.75) is 33.2 Å². The summed E-state index contributed by atoms with van der Waals surface area (Å²) in [4.78, 5) is 12.1. The van der Waals surface area contributed by atoms with E-state index < -0.39 is 0 Å². The molecular formula is C13H21N3O3. The molecule has 0 radical (unpaired) electrons. The summed E-state index contributed by atoms with van der Waals surface area (Å²) < 4.78 is 7.01. The van der Waals surface area contributed by atoms with Gasteiger partial charge in [-0.3, -0.25) is 4.79 Å². The van der Waals surface area contributed by atoms with Crippen LogP contribution in [0, 0.1) is 6.92 Å². The molecule has 0 aliphatic heterocycles. The number of hydrogen-bond acceptors (Lipinski definition) is 4. The van der Waals surface area contributed by atoms with Crippen LogP contribution in [0.15, 0.2) is 22.1 Å². The predicted octanol–water partition coefficient (Wildman–Crippen LogP) is 1.07. The van der Waals surface area contributed by atoms with Gasteiger partial charge in [-0.25, -0.2) is 0 Å². The van der Waals surface area contributed by atoms with Crippen molar-refractivity contribution in [3.63, 3.8) is 0 Å².